The van der Waals surface area contributed by atoms with E-state index in [9.17, 15) is 4.79 Å². The van der Waals surface area contributed by atoms with Crippen molar-refractivity contribution >= 4 is 17.7 Å². The second-order valence-electron chi connectivity index (χ2n) is 4.65. The van der Waals surface area contributed by atoms with Gasteiger partial charge in [-0.15, -0.1) is 0 Å². The molecule has 1 N–H and O–H groups in total. The van der Waals surface area contributed by atoms with E-state index >= 15 is 0 Å². The molecule has 0 aliphatic heterocycles. The minimum atomic E-state index is -0.904. The molecule has 0 aromatic carbocycles. The zero-order chi connectivity index (χ0) is 12.3. The van der Waals surface area contributed by atoms with E-state index in [0.717, 1.165) is 17.4 Å². The van der Waals surface area contributed by atoms with Crippen molar-refractivity contribution in [3.05, 3.63) is 23.2 Å². The van der Waals surface area contributed by atoms with Crippen LogP contribution in [0.15, 0.2) is 10.5 Å². The summed E-state index contributed by atoms with van der Waals surface area (Å²) in [5, 5.41) is 8.91. The first kappa shape index (κ1) is 12.6. The van der Waals surface area contributed by atoms with Gasteiger partial charge in [-0.05, 0) is 37.5 Å². The molecule has 1 aromatic rings. The van der Waals surface area contributed by atoms with Gasteiger partial charge in [-0.2, -0.15) is 11.8 Å². The summed E-state index contributed by atoms with van der Waals surface area (Å²) >= 11 is 1.85. The third-order valence-corrected chi connectivity index (χ3v) is 4.47. The SMILES string of the molecule is Cc1oc(CSCC2CCCC2)cc1C(=O)O. The van der Waals surface area contributed by atoms with Crippen LogP contribution < -0.4 is 0 Å². The summed E-state index contributed by atoms with van der Waals surface area (Å²) in [7, 11) is 0. The Morgan fingerprint density at radius 1 is 1.53 bits per heavy atom. The van der Waals surface area contributed by atoms with Crippen molar-refractivity contribution in [3.8, 4) is 0 Å². The molecule has 1 aliphatic rings. The third-order valence-electron chi connectivity index (χ3n) is 3.27. The summed E-state index contributed by atoms with van der Waals surface area (Å²) in [5.41, 5.74) is 0.293. The Morgan fingerprint density at radius 3 is 2.82 bits per heavy atom. The van der Waals surface area contributed by atoms with Crippen molar-refractivity contribution in [2.75, 3.05) is 5.75 Å². The zero-order valence-corrected chi connectivity index (χ0v) is 10.9. The Morgan fingerprint density at radius 2 is 2.24 bits per heavy atom. The highest BCUT2D eigenvalue weighted by Gasteiger charge is 2.16. The van der Waals surface area contributed by atoms with E-state index in [2.05, 4.69) is 0 Å². The van der Waals surface area contributed by atoms with E-state index < -0.39 is 5.97 Å². The topological polar surface area (TPSA) is 50.4 Å². The van der Waals surface area contributed by atoms with Crippen LogP contribution in [0.2, 0.25) is 0 Å². The number of carboxylic acids is 1. The lowest BCUT2D eigenvalue weighted by molar-refractivity contribution is 0.0695. The van der Waals surface area contributed by atoms with Gasteiger partial charge >= 0.3 is 5.97 Å². The van der Waals surface area contributed by atoms with Crippen LogP contribution >= 0.6 is 11.8 Å². The van der Waals surface area contributed by atoms with E-state index in [4.69, 9.17) is 9.52 Å². The van der Waals surface area contributed by atoms with Gasteiger partial charge in [0.05, 0.1) is 5.75 Å². The zero-order valence-electron chi connectivity index (χ0n) is 10.1. The Hall–Kier alpha value is -0.900. The normalized spacial score (nSPS) is 16.5. The monoisotopic (exact) mass is 254 g/mol. The van der Waals surface area contributed by atoms with Crippen molar-refractivity contribution in [1.82, 2.24) is 0 Å². The Kier molecular flexibility index (Phi) is 4.15. The van der Waals surface area contributed by atoms with Crippen LogP contribution in [0.4, 0.5) is 0 Å². The molecule has 0 saturated heterocycles. The summed E-state index contributed by atoms with van der Waals surface area (Å²) in [6, 6.07) is 1.65. The molecule has 3 nitrogen and oxygen atoms in total. The van der Waals surface area contributed by atoms with E-state index in [1.54, 1.807) is 13.0 Å². The largest absolute Gasteiger partial charge is 0.478 e. The number of carboxylic acid groups (broad SMARTS) is 1. The fourth-order valence-electron chi connectivity index (χ4n) is 2.33. The van der Waals surface area contributed by atoms with Crippen LogP contribution in [0.5, 0.6) is 0 Å². The van der Waals surface area contributed by atoms with Crippen molar-refractivity contribution in [1.29, 1.82) is 0 Å². The minimum absolute atomic E-state index is 0.293. The molecular weight excluding hydrogens is 236 g/mol. The molecule has 1 aromatic heterocycles. The van der Waals surface area contributed by atoms with Gasteiger partial charge in [0, 0.05) is 0 Å². The van der Waals surface area contributed by atoms with Gasteiger partial charge in [0.25, 0.3) is 0 Å². The van der Waals surface area contributed by atoms with Crippen molar-refractivity contribution in [3.63, 3.8) is 0 Å². The van der Waals surface area contributed by atoms with Crippen molar-refractivity contribution in [2.24, 2.45) is 5.92 Å². The number of aromatic carboxylic acids is 1. The van der Waals surface area contributed by atoms with Gasteiger partial charge in [-0.25, -0.2) is 4.79 Å². The van der Waals surface area contributed by atoms with E-state index in [1.165, 1.54) is 31.4 Å². The van der Waals surface area contributed by atoms with Crippen molar-refractivity contribution < 1.29 is 14.3 Å². The van der Waals surface area contributed by atoms with E-state index in [-0.39, 0.29) is 0 Å². The Bertz CT molecular complexity index is 391. The van der Waals surface area contributed by atoms with Gasteiger partial charge in [0.15, 0.2) is 0 Å². The Balaban J connectivity index is 1.82. The average Bonchev–Trinajstić information content (AvgIpc) is 2.88. The maximum Gasteiger partial charge on any atom is 0.339 e. The van der Waals surface area contributed by atoms with Gasteiger partial charge in [0.2, 0.25) is 0 Å². The maximum absolute atomic E-state index is 10.9. The van der Waals surface area contributed by atoms with Crippen LogP contribution in [0, 0.1) is 12.8 Å². The lowest BCUT2D eigenvalue weighted by atomic mass is 10.1. The van der Waals surface area contributed by atoms with Gasteiger partial charge < -0.3 is 9.52 Å². The molecule has 1 aliphatic carbocycles. The Labute approximate surface area is 106 Å². The number of hydrogen-bond acceptors (Lipinski definition) is 3. The fourth-order valence-corrected chi connectivity index (χ4v) is 3.46. The van der Waals surface area contributed by atoms with E-state index in [0.29, 0.717) is 11.3 Å². The summed E-state index contributed by atoms with van der Waals surface area (Å²) in [5.74, 6) is 3.19. The highest BCUT2D eigenvalue weighted by Crippen LogP contribution is 2.29. The first-order valence-electron chi connectivity index (χ1n) is 6.07. The molecule has 4 heteroatoms. The molecule has 0 atom stereocenters. The average molecular weight is 254 g/mol. The van der Waals surface area contributed by atoms with E-state index in [1.807, 2.05) is 11.8 Å². The van der Waals surface area contributed by atoms with Gasteiger partial charge in [0.1, 0.15) is 17.1 Å². The van der Waals surface area contributed by atoms with Crippen LogP contribution in [0.25, 0.3) is 0 Å². The van der Waals surface area contributed by atoms with Gasteiger partial charge in [-0.3, -0.25) is 0 Å². The number of furan rings is 1. The maximum atomic E-state index is 10.9. The number of thioether (sulfide) groups is 1. The second-order valence-corrected chi connectivity index (χ2v) is 5.68. The summed E-state index contributed by atoms with van der Waals surface area (Å²) in [6.07, 6.45) is 5.44. The molecular formula is C13H18O3S. The summed E-state index contributed by atoms with van der Waals surface area (Å²) in [6.45, 7) is 1.70. The van der Waals surface area contributed by atoms with Gasteiger partial charge in [-0.1, -0.05) is 12.8 Å². The lowest BCUT2D eigenvalue weighted by Crippen LogP contribution is -1.96. The molecule has 1 saturated carbocycles. The number of hydrogen-bond donors (Lipinski definition) is 1. The predicted octanol–water partition coefficient (Wildman–Crippen LogP) is 3.71. The van der Waals surface area contributed by atoms with Crippen LogP contribution in [-0.4, -0.2) is 16.8 Å². The molecule has 0 bridgehead atoms. The quantitative estimate of drug-likeness (QED) is 0.870. The smallest absolute Gasteiger partial charge is 0.339 e. The molecule has 2 rings (SSSR count). The first-order chi connectivity index (χ1) is 8.16. The summed E-state index contributed by atoms with van der Waals surface area (Å²) in [4.78, 5) is 10.9. The van der Waals surface area contributed by atoms with Crippen LogP contribution in [0.1, 0.15) is 47.6 Å². The standard InChI is InChI=1S/C13H18O3S/c1-9-12(13(14)15)6-11(16-9)8-17-7-10-4-2-3-5-10/h6,10H,2-5,7-8H2,1H3,(H,14,15). The fraction of sp³-hybridized carbons (Fsp3) is 0.615. The molecule has 0 amide bonds. The molecule has 0 spiro atoms. The molecule has 94 valence electrons. The van der Waals surface area contributed by atoms with Crippen LogP contribution in [-0.2, 0) is 5.75 Å². The number of carbonyl (C=O) groups is 1. The lowest BCUT2D eigenvalue weighted by Gasteiger charge is -2.06. The molecule has 0 radical (unpaired) electrons. The summed E-state index contributed by atoms with van der Waals surface area (Å²) < 4.78 is 5.44. The minimum Gasteiger partial charge on any atom is -0.478 e. The highest BCUT2D eigenvalue weighted by atomic mass is 32.2. The molecule has 17 heavy (non-hydrogen) atoms. The molecule has 1 fully saturated rings. The highest BCUT2D eigenvalue weighted by molar-refractivity contribution is 7.98. The molecule has 0 unspecified atom stereocenters. The van der Waals surface area contributed by atoms with Crippen molar-refractivity contribution in [2.45, 2.75) is 38.4 Å². The number of rotatable bonds is 5. The first-order valence-corrected chi connectivity index (χ1v) is 7.22. The molecule has 1 heterocycles. The second kappa shape index (κ2) is 5.63. The predicted molar refractivity (Wildman–Crippen MR) is 68.5 cm³/mol. The number of aryl methyl sites for hydroxylation is 1. The van der Waals surface area contributed by atoms with Crippen LogP contribution in [0.3, 0.4) is 0 Å². The third kappa shape index (κ3) is 3.28.